The van der Waals surface area contributed by atoms with Crippen molar-refractivity contribution in [2.45, 2.75) is 33.3 Å². The van der Waals surface area contributed by atoms with Crippen molar-refractivity contribution < 1.29 is 4.74 Å². The van der Waals surface area contributed by atoms with Gasteiger partial charge in [0.25, 0.3) is 0 Å². The first-order valence-corrected chi connectivity index (χ1v) is 3.23. The van der Waals surface area contributed by atoms with Crippen molar-refractivity contribution in [1.29, 1.82) is 0 Å². The maximum absolute atomic E-state index is 5.22. The van der Waals surface area contributed by atoms with E-state index in [1.807, 2.05) is 6.92 Å². The highest BCUT2D eigenvalue weighted by Crippen LogP contribution is 2.17. The first-order chi connectivity index (χ1) is 4.04. The second-order valence-electron chi connectivity index (χ2n) is 2.69. The molecule has 0 spiro atoms. The van der Waals surface area contributed by atoms with E-state index in [1.54, 1.807) is 7.11 Å². The average molecular weight is 128 g/mol. The molecule has 0 aromatic heterocycles. The van der Waals surface area contributed by atoms with Crippen LogP contribution in [0.5, 0.6) is 0 Å². The summed E-state index contributed by atoms with van der Waals surface area (Å²) in [5.74, 6) is 0. The van der Waals surface area contributed by atoms with Crippen LogP contribution in [0.4, 0.5) is 0 Å². The Morgan fingerprint density at radius 2 is 1.89 bits per heavy atom. The van der Waals surface area contributed by atoms with Gasteiger partial charge in [-0.15, -0.1) is 0 Å². The van der Waals surface area contributed by atoms with Crippen molar-refractivity contribution in [3.8, 4) is 0 Å². The van der Waals surface area contributed by atoms with E-state index < -0.39 is 0 Å². The molecule has 0 bridgehead atoms. The highest BCUT2D eigenvalue weighted by molar-refractivity contribution is 5.09. The summed E-state index contributed by atoms with van der Waals surface area (Å²) in [6.45, 7) is 8.21. The molecule has 0 aromatic carbocycles. The number of allylic oxidation sites excluding steroid dienone is 1. The Kier molecular flexibility index (Phi) is 2.92. The largest absolute Gasteiger partial charge is 0.374 e. The maximum atomic E-state index is 5.22. The molecule has 0 radical (unpaired) electrons. The van der Waals surface area contributed by atoms with Crippen LogP contribution >= 0.6 is 0 Å². The Morgan fingerprint density at radius 3 is 2.00 bits per heavy atom. The van der Waals surface area contributed by atoms with Gasteiger partial charge in [0.05, 0.1) is 5.60 Å². The lowest BCUT2D eigenvalue weighted by atomic mass is 10.00. The van der Waals surface area contributed by atoms with Gasteiger partial charge in [0.2, 0.25) is 0 Å². The SMILES string of the molecule is CC=C(C)C(C)(C)OC. The van der Waals surface area contributed by atoms with Crippen LogP contribution in [0, 0.1) is 0 Å². The molecule has 0 saturated carbocycles. The Labute approximate surface area is 57.7 Å². The molecule has 0 rings (SSSR count). The highest BCUT2D eigenvalue weighted by Gasteiger charge is 2.16. The standard InChI is InChI=1S/C8H16O/c1-6-7(2)8(3,4)9-5/h6H,1-5H3. The number of rotatable bonds is 2. The first-order valence-electron chi connectivity index (χ1n) is 3.23. The molecule has 0 atom stereocenters. The molecule has 0 aromatic rings. The van der Waals surface area contributed by atoms with Gasteiger partial charge in [-0.3, -0.25) is 0 Å². The van der Waals surface area contributed by atoms with Crippen molar-refractivity contribution >= 4 is 0 Å². The van der Waals surface area contributed by atoms with Crippen LogP contribution in [-0.4, -0.2) is 12.7 Å². The molecule has 0 N–H and O–H groups in total. The second kappa shape index (κ2) is 3.02. The van der Waals surface area contributed by atoms with E-state index in [0.29, 0.717) is 0 Å². The topological polar surface area (TPSA) is 9.23 Å². The molecule has 0 aliphatic carbocycles. The van der Waals surface area contributed by atoms with Crippen LogP contribution in [0.25, 0.3) is 0 Å². The Hall–Kier alpha value is -0.300. The fourth-order valence-electron chi connectivity index (χ4n) is 0.509. The molecular weight excluding hydrogens is 112 g/mol. The molecule has 9 heavy (non-hydrogen) atoms. The van der Waals surface area contributed by atoms with E-state index in [9.17, 15) is 0 Å². The van der Waals surface area contributed by atoms with Gasteiger partial charge in [-0.25, -0.2) is 0 Å². The van der Waals surface area contributed by atoms with Gasteiger partial charge in [0.1, 0.15) is 0 Å². The van der Waals surface area contributed by atoms with Crippen molar-refractivity contribution in [1.82, 2.24) is 0 Å². The van der Waals surface area contributed by atoms with E-state index in [0.717, 1.165) is 0 Å². The van der Waals surface area contributed by atoms with Gasteiger partial charge < -0.3 is 4.74 Å². The van der Waals surface area contributed by atoms with Crippen molar-refractivity contribution in [2.24, 2.45) is 0 Å². The maximum Gasteiger partial charge on any atom is 0.0828 e. The summed E-state index contributed by atoms with van der Waals surface area (Å²) in [4.78, 5) is 0. The average Bonchev–Trinajstić information content (AvgIpc) is 1.86. The highest BCUT2D eigenvalue weighted by atomic mass is 16.5. The molecule has 0 aliphatic heterocycles. The monoisotopic (exact) mass is 128 g/mol. The van der Waals surface area contributed by atoms with Gasteiger partial charge in [0, 0.05) is 7.11 Å². The fraction of sp³-hybridized carbons (Fsp3) is 0.750. The van der Waals surface area contributed by atoms with Crippen LogP contribution in [0.3, 0.4) is 0 Å². The van der Waals surface area contributed by atoms with Gasteiger partial charge in [-0.05, 0) is 33.3 Å². The minimum Gasteiger partial charge on any atom is -0.374 e. The Balaban J connectivity index is 4.14. The number of methoxy groups -OCH3 is 1. The Morgan fingerprint density at radius 1 is 1.44 bits per heavy atom. The van der Waals surface area contributed by atoms with Gasteiger partial charge in [-0.1, -0.05) is 6.08 Å². The zero-order valence-electron chi connectivity index (χ0n) is 6.99. The molecule has 0 heterocycles. The lowest BCUT2D eigenvalue weighted by Crippen LogP contribution is -2.23. The van der Waals surface area contributed by atoms with Crippen LogP contribution < -0.4 is 0 Å². The summed E-state index contributed by atoms with van der Waals surface area (Å²) in [6.07, 6.45) is 2.07. The van der Waals surface area contributed by atoms with Gasteiger partial charge in [0.15, 0.2) is 0 Å². The molecule has 0 amide bonds. The number of hydrogen-bond acceptors (Lipinski definition) is 1. The summed E-state index contributed by atoms with van der Waals surface area (Å²) in [5, 5.41) is 0. The third kappa shape index (κ3) is 2.19. The summed E-state index contributed by atoms with van der Waals surface area (Å²) < 4.78 is 5.22. The van der Waals surface area contributed by atoms with Crippen LogP contribution in [0.15, 0.2) is 11.6 Å². The third-order valence-electron chi connectivity index (χ3n) is 1.89. The summed E-state index contributed by atoms with van der Waals surface area (Å²) in [7, 11) is 1.73. The first kappa shape index (κ1) is 8.70. The molecule has 0 fully saturated rings. The number of ether oxygens (including phenoxy) is 1. The molecular formula is C8H16O. The van der Waals surface area contributed by atoms with Crippen molar-refractivity contribution in [2.75, 3.05) is 7.11 Å². The molecule has 0 unspecified atom stereocenters. The zero-order chi connectivity index (χ0) is 7.49. The van der Waals surface area contributed by atoms with E-state index in [1.165, 1.54) is 5.57 Å². The van der Waals surface area contributed by atoms with Crippen molar-refractivity contribution in [3.63, 3.8) is 0 Å². The van der Waals surface area contributed by atoms with Crippen LogP contribution in [-0.2, 0) is 4.74 Å². The second-order valence-corrected chi connectivity index (χ2v) is 2.69. The smallest absolute Gasteiger partial charge is 0.0828 e. The predicted octanol–water partition coefficient (Wildman–Crippen LogP) is 2.38. The van der Waals surface area contributed by atoms with E-state index in [-0.39, 0.29) is 5.60 Å². The summed E-state index contributed by atoms with van der Waals surface area (Å²) in [5.41, 5.74) is 1.18. The normalized spacial score (nSPS) is 14.1. The molecule has 1 nitrogen and oxygen atoms in total. The van der Waals surface area contributed by atoms with Crippen LogP contribution in [0.2, 0.25) is 0 Å². The molecule has 0 saturated heterocycles. The molecule has 1 heteroatoms. The third-order valence-corrected chi connectivity index (χ3v) is 1.89. The van der Waals surface area contributed by atoms with E-state index in [2.05, 4.69) is 26.8 Å². The fourth-order valence-corrected chi connectivity index (χ4v) is 0.509. The minimum atomic E-state index is -0.0885. The molecule has 54 valence electrons. The lowest BCUT2D eigenvalue weighted by molar-refractivity contribution is 0.0550. The summed E-state index contributed by atoms with van der Waals surface area (Å²) >= 11 is 0. The van der Waals surface area contributed by atoms with Gasteiger partial charge in [-0.2, -0.15) is 0 Å². The molecule has 0 aliphatic rings. The Bertz CT molecular complexity index is 112. The van der Waals surface area contributed by atoms with Crippen LogP contribution in [0.1, 0.15) is 27.7 Å². The van der Waals surface area contributed by atoms with Crippen molar-refractivity contribution in [3.05, 3.63) is 11.6 Å². The van der Waals surface area contributed by atoms with Gasteiger partial charge >= 0.3 is 0 Å². The zero-order valence-corrected chi connectivity index (χ0v) is 6.99. The minimum absolute atomic E-state index is 0.0885. The quantitative estimate of drug-likeness (QED) is 0.519. The predicted molar refractivity (Wildman–Crippen MR) is 40.5 cm³/mol. The van der Waals surface area contributed by atoms with E-state index in [4.69, 9.17) is 4.74 Å². The lowest BCUT2D eigenvalue weighted by Gasteiger charge is -2.23. The number of hydrogen-bond donors (Lipinski definition) is 0. The van der Waals surface area contributed by atoms with E-state index >= 15 is 0 Å². The summed E-state index contributed by atoms with van der Waals surface area (Å²) in [6, 6.07) is 0.